The smallest absolute Gasteiger partial charge is 0.0558 e. The summed E-state index contributed by atoms with van der Waals surface area (Å²) in [5.41, 5.74) is 6.13. The fraction of sp³-hybridized carbons (Fsp3) is 1.00. The molecule has 3 atom stereocenters. The number of hydrogen-bond acceptors (Lipinski definition) is 5. The van der Waals surface area contributed by atoms with Crippen LogP contribution in [0.15, 0.2) is 0 Å². The number of piperazine rings is 1. The molecule has 3 unspecified atom stereocenters. The molecule has 18 heavy (non-hydrogen) atoms. The fourth-order valence-electron chi connectivity index (χ4n) is 3.31. The number of likely N-dealkylation sites (tertiary alicyclic amines) is 1. The average Bonchev–Trinajstić information content (AvgIpc) is 2.35. The van der Waals surface area contributed by atoms with E-state index in [2.05, 4.69) is 28.8 Å². The van der Waals surface area contributed by atoms with E-state index in [9.17, 15) is 0 Å². The molecular formula is C13H28N4O. The van der Waals surface area contributed by atoms with E-state index >= 15 is 0 Å². The lowest BCUT2D eigenvalue weighted by Crippen LogP contribution is -2.62. The zero-order chi connectivity index (χ0) is 13.1. The van der Waals surface area contributed by atoms with Crippen LogP contribution in [-0.4, -0.2) is 91.4 Å². The summed E-state index contributed by atoms with van der Waals surface area (Å²) in [5.74, 6) is 0. The van der Waals surface area contributed by atoms with Crippen molar-refractivity contribution in [1.82, 2.24) is 14.7 Å². The van der Waals surface area contributed by atoms with Gasteiger partial charge in [-0.1, -0.05) is 0 Å². The number of aliphatic hydroxyl groups is 1. The first kappa shape index (κ1) is 14.2. The van der Waals surface area contributed by atoms with Gasteiger partial charge in [0.15, 0.2) is 0 Å². The van der Waals surface area contributed by atoms with Crippen molar-refractivity contribution in [2.45, 2.75) is 31.0 Å². The van der Waals surface area contributed by atoms with Crippen LogP contribution in [-0.2, 0) is 0 Å². The van der Waals surface area contributed by atoms with E-state index in [1.165, 1.54) is 0 Å². The van der Waals surface area contributed by atoms with Gasteiger partial charge in [0.05, 0.1) is 6.61 Å². The van der Waals surface area contributed by atoms with Crippen LogP contribution in [0.1, 0.15) is 12.8 Å². The molecule has 3 N–H and O–H groups in total. The minimum Gasteiger partial charge on any atom is -0.395 e. The van der Waals surface area contributed by atoms with Crippen molar-refractivity contribution in [3.05, 3.63) is 0 Å². The number of hydrogen-bond donors (Lipinski definition) is 2. The number of β-amino-alcohol motifs (C(OH)–C–C–N with tert-alkyl or cyclic N) is 1. The monoisotopic (exact) mass is 256 g/mol. The van der Waals surface area contributed by atoms with Crippen molar-refractivity contribution in [2.75, 3.05) is 53.4 Å². The summed E-state index contributed by atoms with van der Waals surface area (Å²) in [4.78, 5) is 7.30. The van der Waals surface area contributed by atoms with Gasteiger partial charge in [0, 0.05) is 44.3 Å². The highest BCUT2D eigenvalue weighted by molar-refractivity contribution is 4.94. The van der Waals surface area contributed by atoms with Gasteiger partial charge < -0.3 is 15.7 Å². The molecule has 106 valence electrons. The van der Waals surface area contributed by atoms with Crippen molar-refractivity contribution in [2.24, 2.45) is 5.73 Å². The predicted octanol–water partition coefficient (Wildman–Crippen LogP) is -0.984. The molecule has 2 aliphatic heterocycles. The van der Waals surface area contributed by atoms with Gasteiger partial charge in [0.1, 0.15) is 0 Å². The first-order chi connectivity index (χ1) is 8.61. The molecule has 0 saturated carbocycles. The molecule has 2 aliphatic rings. The van der Waals surface area contributed by atoms with Crippen LogP contribution in [0.5, 0.6) is 0 Å². The predicted molar refractivity (Wildman–Crippen MR) is 73.6 cm³/mol. The molecule has 0 bridgehead atoms. The zero-order valence-corrected chi connectivity index (χ0v) is 11.8. The van der Waals surface area contributed by atoms with Gasteiger partial charge in [-0.15, -0.1) is 0 Å². The Hall–Kier alpha value is -0.200. The van der Waals surface area contributed by atoms with Crippen LogP contribution < -0.4 is 5.73 Å². The summed E-state index contributed by atoms with van der Waals surface area (Å²) in [6.07, 6.45) is 2.21. The quantitative estimate of drug-likeness (QED) is 0.679. The Morgan fingerprint density at radius 2 is 1.83 bits per heavy atom. The lowest BCUT2D eigenvalue weighted by molar-refractivity contribution is 0.0147. The maximum Gasteiger partial charge on any atom is 0.0558 e. The second kappa shape index (κ2) is 6.30. The van der Waals surface area contributed by atoms with Crippen LogP contribution in [0, 0.1) is 0 Å². The second-order valence-corrected chi connectivity index (χ2v) is 5.90. The Balaban J connectivity index is 1.99. The van der Waals surface area contributed by atoms with E-state index in [1.807, 2.05) is 0 Å². The van der Waals surface area contributed by atoms with Crippen LogP contribution in [0.4, 0.5) is 0 Å². The zero-order valence-electron chi connectivity index (χ0n) is 11.8. The lowest BCUT2D eigenvalue weighted by Gasteiger charge is -2.48. The normalized spacial score (nSPS) is 37.0. The SMILES string of the molecule is CN1CCC(N)CC1C1CN(CCO)CCN1C. The van der Waals surface area contributed by atoms with Crippen LogP contribution in [0.2, 0.25) is 0 Å². The van der Waals surface area contributed by atoms with Crippen molar-refractivity contribution < 1.29 is 5.11 Å². The average molecular weight is 256 g/mol. The molecule has 2 saturated heterocycles. The summed E-state index contributed by atoms with van der Waals surface area (Å²) in [5, 5.41) is 9.09. The lowest BCUT2D eigenvalue weighted by atomic mass is 9.91. The van der Waals surface area contributed by atoms with Gasteiger partial charge in [-0.3, -0.25) is 9.80 Å². The molecule has 0 aliphatic carbocycles. The summed E-state index contributed by atoms with van der Waals surface area (Å²) in [7, 11) is 4.43. The van der Waals surface area contributed by atoms with E-state index in [-0.39, 0.29) is 6.61 Å². The molecule has 2 rings (SSSR count). The molecule has 0 aromatic carbocycles. The van der Waals surface area contributed by atoms with Crippen molar-refractivity contribution >= 4 is 0 Å². The van der Waals surface area contributed by atoms with Gasteiger partial charge >= 0.3 is 0 Å². The van der Waals surface area contributed by atoms with Crippen LogP contribution in [0.25, 0.3) is 0 Å². The largest absolute Gasteiger partial charge is 0.395 e. The molecule has 0 aromatic heterocycles. The first-order valence-electron chi connectivity index (χ1n) is 7.11. The molecule has 0 amide bonds. The molecule has 0 spiro atoms. The third kappa shape index (κ3) is 3.22. The van der Waals surface area contributed by atoms with Gasteiger partial charge in [-0.05, 0) is 33.5 Å². The standard InChI is InChI=1S/C13H28N4O/c1-15-4-3-11(14)9-12(15)13-10-17(7-8-18)6-5-16(13)2/h11-13,18H,3-10,14H2,1-2H3. The van der Waals surface area contributed by atoms with E-state index in [4.69, 9.17) is 10.8 Å². The maximum atomic E-state index is 9.09. The van der Waals surface area contributed by atoms with E-state index < -0.39 is 0 Å². The number of nitrogens with zero attached hydrogens (tertiary/aromatic N) is 3. The third-order valence-corrected chi connectivity index (χ3v) is 4.60. The van der Waals surface area contributed by atoms with Crippen molar-refractivity contribution in [3.8, 4) is 0 Å². The van der Waals surface area contributed by atoms with Crippen LogP contribution >= 0.6 is 0 Å². The second-order valence-electron chi connectivity index (χ2n) is 5.90. The van der Waals surface area contributed by atoms with E-state index in [0.717, 1.165) is 45.6 Å². The Morgan fingerprint density at radius 3 is 2.56 bits per heavy atom. The molecule has 2 fully saturated rings. The highest BCUT2D eigenvalue weighted by atomic mass is 16.3. The number of rotatable bonds is 3. The van der Waals surface area contributed by atoms with Crippen molar-refractivity contribution in [3.63, 3.8) is 0 Å². The van der Waals surface area contributed by atoms with Gasteiger partial charge in [0.25, 0.3) is 0 Å². The molecule has 5 nitrogen and oxygen atoms in total. The number of likely N-dealkylation sites (N-methyl/N-ethyl adjacent to an activating group) is 2. The summed E-state index contributed by atoms with van der Waals surface area (Å²) in [6.45, 7) is 5.37. The van der Waals surface area contributed by atoms with Crippen molar-refractivity contribution in [1.29, 1.82) is 0 Å². The number of piperidine rings is 1. The first-order valence-corrected chi connectivity index (χ1v) is 7.11. The highest BCUT2D eigenvalue weighted by Gasteiger charge is 2.35. The van der Waals surface area contributed by atoms with Gasteiger partial charge in [-0.2, -0.15) is 0 Å². The molecule has 5 heteroatoms. The van der Waals surface area contributed by atoms with Gasteiger partial charge in [-0.25, -0.2) is 0 Å². The number of nitrogens with two attached hydrogens (primary N) is 1. The minimum absolute atomic E-state index is 0.260. The fourth-order valence-corrected chi connectivity index (χ4v) is 3.31. The third-order valence-electron chi connectivity index (χ3n) is 4.60. The Kier molecular flexibility index (Phi) is 4.98. The molecular weight excluding hydrogens is 228 g/mol. The summed E-state index contributed by atoms with van der Waals surface area (Å²) < 4.78 is 0. The molecule has 0 aromatic rings. The number of aliphatic hydroxyl groups excluding tert-OH is 1. The Labute approximate surface area is 111 Å². The Bertz CT molecular complexity index is 263. The van der Waals surface area contributed by atoms with Crippen LogP contribution in [0.3, 0.4) is 0 Å². The van der Waals surface area contributed by atoms with E-state index in [0.29, 0.717) is 18.1 Å². The topological polar surface area (TPSA) is 56.0 Å². The minimum atomic E-state index is 0.260. The molecule has 0 radical (unpaired) electrons. The van der Waals surface area contributed by atoms with E-state index in [1.54, 1.807) is 0 Å². The summed E-state index contributed by atoms with van der Waals surface area (Å²) >= 11 is 0. The van der Waals surface area contributed by atoms with Gasteiger partial charge in [0.2, 0.25) is 0 Å². The molecule has 2 heterocycles. The maximum absolute atomic E-state index is 9.09. The Morgan fingerprint density at radius 1 is 1.11 bits per heavy atom. The summed E-state index contributed by atoms with van der Waals surface area (Å²) in [6, 6.07) is 1.45. The highest BCUT2D eigenvalue weighted by Crippen LogP contribution is 2.22.